The van der Waals surface area contributed by atoms with E-state index in [1.165, 1.54) is 11.3 Å². The first-order chi connectivity index (χ1) is 8.59. The second-order valence-corrected chi connectivity index (χ2v) is 4.98. The number of carbonyl (C=O) groups excluding carboxylic acids is 1. The van der Waals surface area contributed by atoms with E-state index in [0.717, 1.165) is 10.4 Å². The molecule has 4 nitrogen and oxygen atoms in total. The lowest BCUT2D eigenvalue weighted by atomic mass is 10.1. The maximum absolute atomic E-state index is 10.8. The number of thiophene rings is 1. The van der Waals surface area contributed by atoms with Crippen molar-refractivity contribution < 1.29 is 15.0 Å². The second-order valence-electron chi connectivity index (χ2n) is 3.86. The van der Waals surface area contributed by atoms with E-state index in [1.54, 1.807) is 6.07 Å². The predicted octanol–water partition coefficient (Wildman–Crippen LogP) is 1.29. The number of benzene rings is 1. The molecule has 1 aromatic heterocycles. The molecule has 0 saturated carbocycles. The Hall–Kier alpha value is -1.69. The number of rotatable bonds is 4. The molecular formula is C13H13NO3S. The maximum Gasteiger partial charge on any atom is 0.249 e. The van der Waals surface area contributed by atoms with Crippen molar-refractivity contribution >= 4 is 17.2 Å². The molecule has 2 unspecified atom stereocenters. The topological polar surface area (TPSA) is 83.6 Å². The van der Waals surface area contributed by atoms with E-state index in [-0.39, 0.29) is 0 Å². The molecule has 94 valence electrons. The Kier molecular flexibility index (Phi) is 3.76. The van der Waals surface area contributed by atoms with Crippen molar-refractivity contribution in [1.82, 2.24) is 0 Å². The van der Waals surface area contributed by atoms with Gasteiger partial charge in [-0.05, 0) is 17.7 Å². The van der Waals surface area contributed by atoms with Gasteiger partial charge in [-0.3, -0.25) is 4.79 Å². The average molecular weight is 263 g/mol. The third kappa shape index (κ3) is 2.59. The first-order valence-corrected chi connectivity index (χ1v) is 6.22. The minimum atomic E-state index is -1.58. The molecule has 0 radical (unpaired) electrons. The fourth-order valence-corrected chi connectivity index (χ4v) is 2.61. The van der Waals surface area contributed by atoms with E-state index >= 15 is 0 Å². The lowest BCUT2D eigenvalue weighted by Crippen LogP contribution is -2.33. The summed E-state index contributed by atoms with van der Waals surface area (Å²) in [4.78, 5) is 12.3. The van der Waals surface area contributed by atoms with Crippen molar-refractivity contribution in [3.05, 3.63) is 47.3 Å². The van der Waals surface area contributed by atoms with Crippen LogP contribution in [-0.4, -0.2) is 22.2 Å². The van der Waals surface area contributed by atoms with E-state index in [0.29, 0.717) is 4.88 Å². The highest BCUT2D eigenvalue weighted by molar-refractivity contribution is 7.15. The van der Waals surface area contributed by atoms with Gasteiger partial charge in [0.1, 0.15) is 6.10 Å². The molecule has 0 bridgehead atoms. The molecular weight excluding hydrogens is 250 g/mol. The number of primary amides is 1. The zero-order chi connectivity index (χ0) is 13.1. The third-order valence-corrected chi connectivity index (χ3v) is 3.77. The van der Waals surface area contributed by atoms with Gasteiger partial charge < -0.3 is 15.9 Å². The Bertz CT molecular complexity index is 538. The molecule has 5 heteroatoms. The van der Waals surface area contributed by atoms with Gasteiger partial charge in [0, 0.05) is 9.75 Å². The van der Waals surface area contributed by atoms with E-state index in [4.69, 9.17) is 5.73 Å². The number of hydrogen-bond donors (Lipinski definition) is 3. The first kappa shape index (κ1) is 12.8. The van der Waals surface area contributed by atoms with Gasteiger partial charge in [0.15, 0.2) is 6.10 Å². The van der Waals surface area contributed by atoms with Crippen molar-refractivity contribution in [3.8, 4) is 10.4 Å². The lowest BCUT2D eigenvalue weighted by molar-refractivity contribution is -0.131. The fraction of sp³-hybridized carbons (Fsp3) is 0.154. The summed E-state index contributed by atoms with van der Waals surface area (Å²) in [6.07, 6.45) is -2.85. The molecule has 2 atom stereocenters. The van der Waals surface area contributed by atoms with Crippen LogP contribution in [0.3, 0.4) is 0 Å². The molecule has 0 fully saturated rings. The first-order valence-electron chi connectivity index (χ1n) is 5.40. The van der Waals surface area contributed by atoms with Crippen LogP contribution in [0.25, 0.3) is 10.4 Å². The fourth-order valence-electron chi connectivity index (χ4n) is 1.58. The van der Waals surface area contributed by atoms with Crippen LogP contribution in [-0.2, 0) is 4.79 Å². The van der Waals surface area contributed by atoms with Gasteiger partial charge in [0.2, 0.25) is 5.91 Å². The van der Waals surface area contributed by atoms with E-state index < -0.39 is 18.1 Å². The highest BCUT2D eigenvalue weighted by Gasteiger charge is 2.24. The number of nitrogens with two attached hydrogens (primary N) is 1. The molecule has 0 aliphatic rings. The summed E-state index contributed by atoms with van der Waals surface area (Å²) in [6.45, 7) is 0. The standard InChI is InChI=1S/C13H13NO3S/c14-13(17)12(16)11(15)10-7-6-9(18-10)8-4-2-1-3-5-8/h1-7,11-12,15-16H,(H2,14,17). The summed E-state index contributed by atoms with van der Waals surface area (Å²) in [6, 6.07) is 13.2. The zero-order valence-corrected chi connectivity index (χ0v) is 10.3. The van der Waals surface area contributed by atoms with Gasteiger partial charge in [-0.25, -0.2) is 0 Å². The van der Waals surface area contributed by atoms with Crippen molar-refractivity contribution in [2.75, 3.05) is 0 Å². The molecule has 0 aliphatic heterocycles. The van der Waals surface area contributed by atoms with Crippen LogP contribution in [0.5, 0.6) is 0 Å². The minimum absolute atomic E-state index is 0.514. The van der Waals surface area contributed by atoms with Gasteiger partial charge in [-0.2, -0.15) is 0 Å². The van der Waals surface area contributed by atoms with Gasteiger partial charge in [-0.15, -0.1) is 11.3 Å². The number of hydrogen-bond acceptors (Lipinski definition) is 4. The summed E-state index contributed by atoms with van der Waals surface area (Å²) < 4.78 is 0. The Morgan fingerprint density at radius 3 is 2.39 bits per heavy atom. The molecule has 2 rings (SSSR count). The molecule has 0 saturated heterocycles. The summed E-state index contributed by atoms with van der Waals surface area (Å²) in [5, 5.41) is 19.2. The average Bonchev–Trinajstić information content (AvgIpc) is 2.87. The molecule has 1 amide bonds. The van der Waals surface area contributed by atoms with E-state index in [9.17, 15) is 15.0 Å². The van der Waals surface area contributed by atoms with Crippen molar-refractivity contribution in [2.45, 2.75) is 12.2 Å². The molecule has 1 heterocycles. The monoisotopic (exact) mass is 263 g/mol. The van der Waals surface area contributed by atoms with Crippen LogP contribution in [0.15, 0.2) is 42.5 Å². The summed E-state index contributed by atoms with van der Waals surface area (Å²) in [5.41, 5.74) is 5.97. The Labute approximate surface area is 108 Å². The van der Waals surface area contributed by atoms with Gasteiger partial charge >= 0.3 is 0 Å². The van der Waals surface area contributed by atoms with Crippen molar-refractivity contribution in [2.24, 2.45) is 5.73 Å². The van der Waals surface area contributed by atoms with Gasteiger partial charge in [-0.1, -0.05) is 30.3 Å². The molecule has 0 aliphatic carbocycles. The van der Waals surface area contributed by atoms with E-state index in [2.05, 4.69) is 0 Å². The van der Waals surface area contributed by atoms with Gasteiger partial charge in [0.05, 0.1) is 0 Å². The largest absolute Gasteiger partial charge is 0.384 e. The highest BCUT2D eigenvalue weighted by Crippen LogP contribution is 2.32. The summed E-state index contributed by atoms with van der Waals surface area (Å²) in [5.74, 6) is -0.933. The predicted molar refractivity (Wildman–Crippen MR) is 69.9 cm³/mol. The Morgan fingerprint density at radius 1 is 1.11 bits per heavy atom. The lowest BCUT2D eigenvalue weighted by Gasteiger charge is -2.12. The van der Waals surface area contributed by atoms with Gasteiger partial charge in [0.25, 0.3) is 0 Å². The quantitative estimate of drug-likeness (QED) is 0.777. The number of aliphatic hydroxyl groups excluding tert-OH is 2. The van der Waals surface area contributed by atoms with Crippen LogP contribution in [0.1, 0.15) is 11.0 Å². The zero-order valence-electron chi connectivity index (χ0n) is 9.48. The Balaban J connectivity index is 2.23. The van der Waals surface area contributed by atoms with Crippen LogP contribution >= 0.6 is 11.3 Å². The summed E-state index contributed by atoms with van der Waals surface area (Å²) in [7, 11) is 0. The number of carbonyl (C=O) groups is 1. The SMILES string of the molecule is NC(=O)C(O)C(O)c1ccc(-c2ccccc2)s1. The maximum atomic E-state index is 10.8. The van der Waals surface area contributed by atoms with Crippen molar-refractivity contribution in [3.63, 3.8) is 0 Å². The number of amides is 1. The number of aliphatic hydroxyl groups is 2. The normalized spacial score (nSPS) is 14.1. The molecule has 4 N–H and O–H groups in total. The van der Waals surface area contributed by atoms with Crippen LogP contribution in [0.2, 0.25) is 0 Å². The molecule has 2 aromatic rings. The van der Waals surface area contributed by atoms with Crippen LogP contribution < -0.4 is 5.73 Å². The smallest absolute Gasteiger partial charge is 0.249 e. The third-order valence-electron chi connectivity index (χ3n) is 2.57. The highest BCUT2D eigenvalue weighted by atomic mass is 32.1. The van der Waals surface area contributed by atoms with Crippen LogP contribution in [0, 0.1) is 0 Å². The van der Waals surface area contributed by atoms with E-state index in [1.807, 2.05) is 36.4 Å². The molecule has 18 heavy (non-hydrogen) atoms. The Morgan fingerprint density at radius 2 is 1.78 bits per heavy atom. The summed E-state index contributed by atoms with van der Waals surface area (Å²) >= 11 is 1.32. The van der Waals surface area contributed by atoms with Crippen LogP contribution in [0.4, 0.5) is 0 Å². The van der Waals surface area contributed by atoms with Crippen molar-refractivity contribution in [1.29, 1.82) is 0 Å². The molecule has 0 spiro atoms. The second kappa shape index (κ2) is 5.30. The minimum Gasteiger partial charge on any atom is -0.384 e. The molecule has 1 aromatic carbocycles.